The topological polar surface area (TPSA) is 56.3 Å². The molecule has 0 radical (unpaired) electrons. The van der Waals surface area contributed by atoms with Crippen LogP contribution in [0.4, 0.5) is 5.82 Å². The Kier molecular flexibility index (Phi) is 4.48. The van der Waals surface area contributed by atoms with Crippen LogP contribution in [0.15, 0.2) is 54.0 Å². The number of rotatable bonds is 4. The van der Waals surface area contributed by atoms with Crippen LogP contribution < -0.4 is 14.8 Å². The van der Waals surface area contributed by atoms with Gasteiger partial charge in [-0.05, 0) is 23.8 Å². The van der Waals surface area contributed by atoms with Crippen LogP contribution in [-0.4, -0.2) is 24.2 Å². The third kappa shape index (κ3) is 3.08. The van der Waals surface area contributed by atoms with Crippen molar-refractivity contribution in [3.8, 4) is 23.8 Å². The highest BCUT2D eigenvalue weighted by molar-refractivity contribution is 5.92. The molecular weight excluding hydrogens is 302 g/mol. The van der Waals surface area contributed by atoms with E-state index in [2.05, 4.69) is 21.2 Å². The van der Waals surface area contributed by atoms with Gasteiger partial charge in [0.1, 0.15) is 12.1 Å². The van der Waals surface area contributed by atoms with Crippen molar-refractivity contribution in [2.75, 3.05) is 19.5 Å². The second kappa shape index (κ2) is 6.88. The van der Waals surface area contributed by atoms with Crippen molar-refractivity contribution in [3.05, 3.63) is 54.0 Å². The summed E-state index contributed by atoms with van der Waals surface area (Å²) < 4.78 is 10.7. The lowest BCUT2D eigenvalue weighted by molar-refractivity contribution is 0.356. The van der Waals surface area contributed by atoms with Crippen LogP contribution in [0.25, 0.3) is 10.9 Å². The number of methoxy groups -OCH3 is 2. The molecule has 0 spiro atoms. The smallest absolute Gasteiger partial charge is 0.162 e. The summed E-state index contributed by atoms with van der Waals surface area (Å²) in [6.45, 7) is 0. The maximum Gasteiger partial charge on any atom is 0.162 e. The molecule has 5 nitrogen and oxygen atoms in total. The minimum Gasteiger partial charge on any atom is -0.493 e. The largest absolute Gasteiger partial charge is 0.493 e. The number of aromatic nitrogens is 2. The zero-order valence-electron chi connectivity index (χ0n) is 13.5. The van der Waals surface area contributed by atoms with E-state index >= 15 is 0 Å². The summed E-state index contributed by atoms with van der Waals surface area (Å²) in [6.07, 6.45) is 15.3. The first kappa shape index (κ1) is 15.6. The molecule has 0 unspecified atom stereocenters. The van der Waals surface area contributed by atoms with Crippen LogP contribution >= 0.6 is 0 Å². The number of allylic oxidation sites excluding steroid dienone is 5. The van der Waals surface area contributed by atoms with Crippen molar-refractivity contribution in [1.29, 1.82) is 0 Å². The first-order valence-corrected chi connectivity index (χ1v) is 7.41. The van der Waals surface area contributed by atoms with Gasteiger partial charge in [0.2, 0.25) is 0 Å². The first-order valence-electron chi connectivity index (χ1n) is 7.41. The van der Waals surface area contributed by atoms with Gasteiger partial charge in [0, 0.05) is 23.6 Å². The molecule has 1 heterocycles. The van der Waals surface area contributed by atoms with Gasteiger partial charge in [0.25, 0.3) is 0 Å². The molecule has 0 saturated carbocycles. The lowest BCUT2D eigenvalue weighted by atomic mass is 10.0. The Bertz CT molecular complexity index is 905. The molecule has 5 heteroatoms. The number of terminal acetylenes is 1. The summed E-state index contributed by atoms with van der Waals surface area (Å²) in [6, 6.07) is 3.70. The first-order chi connectivity index (χ1) is 11.7. The molecule has 1 aromatic heterocycles. The highest BCUT2D eigenvalue weighted by Crippen LogP contribution is 2.34. The van der Waals surface area contributed by atoms with Gasteiger partial charge in [-0.3, -0.25) is 0 Å². The molecule has 0 aliphatic heterocycles. The monoisotopic (exact) mass is 319 g/mol. The van der Waals surface area contributed by atoms with Crippen molar-refractivity contribution in [2.24, 2.45) is 0 Å². The second-order valence-electron chi connectivity index (χ2n) is 5.19. The minimum atomic E-state index is 0.633. The molecule has 3 rings (SSSR count). The number of nitrogens with one attached hydrogen (secondary N) is 1. The summed E-state index contributed by atoms with van der Waals surface area (Å²) in [4.78, 5) is 8.66. The standard InChI is InChI=1S/C19H17N3O2/c1-4-6-13-7-5-8-14(9-13)22-19-15-10-17(23-2)18(24-3)11-16(15)20-12-21-19/h1,5-8,10-12H,9H2,2-3H3,(H,20,21,22). The van der Waals surface area contributed by atoms with Gasteiger partial charge >= 0.3 is 0 Å². The van der Waals surface area contributed by atoms with E-state index in [-0.39, 0.29) is 0 Å². The van der Waals surface area contributed by atoms with E-state index in [4.69, 9.17) is 15.9 Å². The summed E-state index contributed by atoms with van der Waals surface area (Å²) in [5, 5.41) is 4.21. The molecule has 0 amide bonds. The predicted octanol–water partition coefficient (Wildman–Crippen LogP) is 3.46. The van der Waals surface area contributed by atoms with Crippen molar-refractivity contribution in [2.45, 2.75) is 6.42 Å². The zero-order chi connectivity index (χ0) is 16.9. The lowest BCUT2D eigenvalue weighted by Crippen LogP contribution is -2.05. The van der Waals surface area contributed by atoms with Crippen LogP contribution in [0.1, 0.15) is 6.42 Å². The summed E-state index contributed by atoms with van der Waals surface area (Å²) in [5.41, 5.74) is 2.85. The van der Waals surface area contributed by atoms with Gasteiger partial charge < -0.3 is 14.8 Å². The molecule has 0 fully saturated rings. The van der Waals surface area contributed by atoms with Crippen molar-refractivity contribution in [1.82, 2.24) is 9.97 Å². The molecule has 2 aromatic rings. The van der Waals surface area contributed by atoms with E-state index in [1.807, 2.05) is 30.4 Å². The fourth-order valence-electron chi connectivity index (χ4n) is 2.55. The zero-order valence-corrected chi connectivity index (χ0v) is 13.5. The molecule has 0 atom stereocenters. The maximum atomic E-state index is 5.37. The number of benzene rings is 1. The van der Waals surface area contributed by atoms with Gasteiger partial charge in [0.05, 0.1) is 19.7 Å². The van der Waals surface area contributed by atoms with Crippen LogP contribution in [0.5, 0.6) is 11.5 Å². The van der Waals surface area contributed by atoms with Gasteiger partial charge in [-0.2, -0.15) is 0 Å². The number of anilines is 1. The molecular formula is C19H17N3O2. The predicted molar refractivity (Wildman–Crippen MR) is 95.0 cm³/mol. The van der Waals surface area contributed by atoms with Gasteiger partial charge in [-0.25, -0.2) is 9.97 Å². The number of hydrogen-bond acceptors (Lipinski definition) is 5. The van der Waals surface area contributed by atoms with Crippen LogP contribution in [-0.2, 0) is 0 Å². The number of nitrogens with zero attached hydrogens (tertiary/aromatic N) is 2. The van der Waals surface area contributed by atoms with E-state index in [0.717, 1.165) is 28.6 Å². The number of hydrogen-bond donors (Lipinski definition) is 1. The Morgan fingerprint density at radius 2 is 2.00 bits per heavy atom. The van der Waals surface area contributed by atoms with Crippen molar-refractivity contribution in [3.63, 3.8) is 0 Å². The van der Waals surface area contributed by atoms with Crippen LogP contribution in [0.3, 0.4) is 0 Å². The molecule has 0 saturated heterocycles. The number of ether oxygens (including phenoxy) is 2. The molecule has 1 N–H and O–H groups in total. The number of fused-ring (bicyclic) bond motifs is 1. The molecule has 0 bridgehead atoms. The highest BCUT2D eigenvalue weighted by Gasteiger charge is 2.12. The van der Waals surface area contributed by atoms with Crippen LogP contribution in [0.2, 0.25) is 0 Å². The fraction of sp³-hybridized carbons (Fsp3) is 0.158. The Hall–Kier alpha value is -3.26. The fourth-order valence-corrected chi connectivity index (χ4v) is 2.55. The third-order valence-electron chi connectivity index (χ3n) is 3.69. The molecule has 1 aliphatic rings. The quantitative estimate of drug-likeness (QED) is 0.875. The average Bonchev–Trinajstić information content (AvgIpc) is 2.61. The third-order valence-corrected chi connectivity index (χ3v) is 3.69. The van der Waals surface area contributed by atoms with Gasteiger partial charge in [-0.1, -0.05) is 18.1 Å². The Morgan fingerprint density at radius 1 is 1.21 bits per heavy atom. The maximum absolute atomic E-state index is 5.37. The van der Waals surface area contributed by atoms with Crippen LogP contribution in [0, 0.1) is 12.3 Å². The van der Waals surface area contributed by atoms with Crippen molar-refractivity contribution < 1.29 is 9.47 Å². The second-order valence-corrected chi connectivity index (χ2v) is 5.19. The lowest BCUT2D eigenvalue weighted by Gasteiger charge is -2.15. The van der Waals surface area contributed by atoms with Gasteiger partial charge in [0.15, 0.2) is 11.5 Å². The van der Waals surface area contributed by atoms with E-state index in [1.54, 1.807) is 20.3 Å². The van der Waals surface area contributed by atoms with Crippen molar-refractivity contribution >= 4 is 16.7 Å². The summed E-state index contributed by atoms with van der Waals surface area (Å²) >= 11 is 0. The highest BCUT2D eigenvalue weighted by atomic mass is 16.5. The molecule has 1 aliphatic carbocycles. The molecule has 1 aromatic carbocycles. The Balaban J connectivity index is 1.98. The Labute approximate surface area is 140 Å². The van der Waals surface area contributed by atoms with E-state index < -0.39 is 0 Å². The normalized spacial score (nSPS) is 15.0. The minimum absolute atomic E-state index is 0.633. The summed E-state index contributed by atoms with van der Waals surface area (Å²) in [5.74, 6) is 4.53. The SMILES string of the molecule is C#CC=C1C=CC=C(Nc2ncnc3cc(OC)c(OC)cc23)C1. The average molecular weight is 319 g/mol. The molecule has 24 heavy (non-hydrogen) atoms. The molecule has 120 valence electrons. The van der Waals surface area contributed by atoms with E-state index in [0.29, 0.717) is 17.3 Å². The Morgan fingerprint density at radius 3 is 2.75 bits per heavy atom. The van der Waals surface area contributed by atoms with E-state index in [1.165, 1.54) is 6.33 Å². The summed E-state index contributed by atoms with van der Waals surface area (Å²) in [7, 11) is 3.20. The van der Waals surface area contributed by atoms with Gasteiger partial charge in [-0.15, -0.1) is 6.42 Å². The van der Waals surface area contributed by atoms with E-state index in [9.17, 15) is 0 Å².